The molecule has 0 aliphatic rings. The Kier molecular flexibility index (Phi) is 5.28. The van der Waals surface area contributed by atoms with Gasteiger partial charge in [0.15, 0.2) is 6.61 Å². The molecule has 1 aromatic rings. The Balaban J connectivity index is 2.39. The summed E-state index contributed by atoms with van der Waals surface area (Å²) in [4.78, 5) is 0. The summed E-state index contributed by atoms with van der Waals surface area (Å²) in [6.07, 6.45) is 3.23. The molecule has 15 heavy (non-hydrogen) atoms. The van der Waals surface area contributed by atoms with Crippen LogP contribution in [-0.4, -0.2) is 13.2 Å². The van der Waals surface area contributed by atoms with E-state index >= 15 is 0 Å². The van der Waals surface area contributed by atoms with Crippen LogP contribution in [0, 0.1) is 11.3 Å². The van der Waals surface area contributed by atoms with Crippen molar-refractivity contribution < 1.29 is 4.74 Å². The van der Waals surface area contributed by atoms with Crippen LogP contribution in [-0.2, 0) is 6.42 Å². The van der Waals surface area contributed by atoms with Crippen LogP contribution in [0.15, 0.2) is 24.3 Å². The van der Waals surface area contributed by atoms with Crippen molar-refractivity contribution in [3.63, 3.8) is 0 Å². The first-order chi connectivity index (χ1) is 7.36. The molecule has 0 heterocycles. The van der Waals surface area contributed by atoms with E-state index in [0.717, 1.165) is 31.6 Å². The summed E-state index contributed by atoms with van der Waals surface area (Å²) in [5, 5.41) is 8.34. The normalized spacial score (nSPS) is 9.60. The highest BCUT2D eigenvalue weighted by Gasteiger charge is 1.95. The van der Waals surface area contributed by atoms with E-state index in [1.807, 2.05) is 30.3 Å². The Morgan fingerprint density at radius 2 is 1.93 bits per heavy atom. The Hall–Kier alpha value is -1.53. The molecule has 2 N–H and O–H groups in total. The lowest BCUT2D eigenvalue weighted by molar-refractivity contribution is 0.368. The number of nitrogens with two attached hydrogens (primary N) is 1. The van der Waals surface area contributed by atoms with Crippen LogP contribution in [0.3, 0.4) is 0 Å². The highest BCUT2D eigenvalue weighted by atomic mass is 16.5. The van der Waals surface area contributed by atoms with E-state index in [1.165, 1.54) is 5.56 Å². The molecule has 0 aliphatic heterocycles. The zero-order valence-electron chi connectivity index (χ0n) is 8.78. The topological polar surface area (TPSA) is 59.0 Å². The van der Waals surface area contributed by atoms with Crippen molar-refractivity contribution in [1.82, 2.24) is 0 Å². The molecule has 0 radical (unpaired) electrons. The maximum atomic E-state index is 8.34. The number of aryl methyl sites for hydroxylation is 1. The molecule has 0 saturated heterocycles. The number of hydrogen-bond donors (Lipinski definition) is 1. The lowest BCUT2D eigenvalue weighted by atomic mass is 10.1. The van der Waals surface area contributed by atoms with Gasteiger partial charge in [-0.15, -0.1) is 0 Å². The summed E-state index contributed by atoms with van der Waals surface area (Å²) in [7, 11) is 0. The minimum atomic E-state index is 0.104. The van der Waals surface area contributed by atoms with Crippen molar-refractivity contribution >= 4 is 0 Å². The zero-order chi connectivity index (χ0) is 10.9. The highest BCUT2D eigenvalue weighted by Crippen LogP contribution is 2.13. The molecule has 0 bridgehead atoms. The molecule has 3 heteroatoms. The molecule has 80 valence electrons. The maximum absolute atomic E-state index is 8.34. The fraction of sp³-hybridized carbons (Fsp3) is 0.417. The van der Waals surface area contributed by atoms with Gasteiger partial charge < -0.3 is 10.5 Å². The number of nitriles is 1. The Morgan fingerprint density at radius 3 is 2.53 bits per heavy atom. The van der Waals surface area contributed by atoms with E-state index in [0.29, 0.717) is 0 Å². The van der Waals surface area contributed by atoms with Gasteiger partial charge in [0.05, 0.1) is 0 Å². The van der Waals surface area contributed by atoms with Crippen molar-refractivity contribution in [2.75, 3.05) is 13.2 Å². The van der Waals surface area contributed by atoms with Gasteiger partial charge >= 0.3 is 0 Å². The molecule has 0 amide bonds. The van der Waals surface area contributed by atoms with Crippen LogP contribution < -0.4 is 10.5 Å². The van der Waals surface area contributed by atoms with Crippen LogP contribution in [0.5, 0.6) is 5.75 Å². The molecule has 0 spiro atoms. The van der Waals surface area contributed by atoms with Gasteiger partial charge in [0.2, 0.25) is 0 Å². The number of benzene rings is 1. The van der Waals surface area contributed by atoms with Gasteiger partial charge in [0.25, 0.3) is 0 Å². The Morgan fingerprint density at radius 1 is 1.20 bits per heavy atom. The van der Waals surface area contributed by atoms with Crippen LogP contribution >= 0.6 is 0 Å². The van der Waals surface area contributed by atoms with Crippen molar-refractivity contribution in [2.45, 2.75) is 19.3 Å². The monoisotopic (exact) mass is 204 g/mol. The maximum Gasteiger partial charge on any atom is 0.174 e. The van der Waals surface area contributed by atoms with Crippen molar-refractivity contribution in [2.24, 2.45) is 5.73 Å². The number of unbranched alkanes of at least 4 members (excludes halogenated alkanes) is 1. The van der Waals surface area contributed by atoms with Gasteiger partial charge in [-0.05, 0) is 43.5 Å². The van der Waals surface area contributed by atoms with Crippen LogP contribution in [0.1, 0.15) is 18.4 Å². The first-order valence-electron chi connectivity index (χ1n) is 5.15. The largest absolute Gasteiger partial charge is 0.479 e. The molecular weight excluding hydrogens is 188 g/mol. The average molecular weight is 204 g/mol. The van der Waals surface area contributed by atoms with Gasteiger partial charge in [-0.2, -0.15) is 5.26 Å². The van der Waals surface area contributed by atoms with Gasteiger partial charge in [-0.3, -0.25) is 0 Å². The molecule has 1 aromatic carbocycles. The number of ether oxygens (including phenoxy) is 1. The number of rotatable bonds is 6. The Labute approximate surface area is 90.5 Å². The first kappa shape index (κ1) is 11.5. The minimum absolute atomic E-state index is 0.104. The van der Waals surface area contributed by atoms with Crippen LogP contribution in [0.2, 0.25) is 0 Å². The van der Waals surface area contributed by atoms with Crippen LogP contribution in [0.25, 0.3) is 0 Å². The lowest BCUT2D eigenvalue weighted by Crippen LogP contribution is -1.99. The minimum Gasteiger partial charge on any atom is -0.479 e. The predicted octanol–water partition coefficient (Wildman–Crippen LogP) is 1.87. The second-order valence-corrected chi connectivity index (χ2v) is 3.34. The standard InChI is InChI=1S/C12H16N2O/c13-8-2-1-3-11-4-6-12(7-5-11)15-10-9-14/h4-7H,1-3,8,10,13H2. The van der Waals surface area contributed by atoms with Gasteiger partial charge in [-0.25, -0.2) is 0 Å². The first-order valence-corrected chi connectivity index (χ1v) is 5.15. The quantitative estimate of drug-likeness (QED) is 0.719. The summed E-state index contributed by atoms with van der Waals surface area (Å²) in [6.45, 7) is 0.857. The predicted molar refractivity (Wildman–Crippen MR) is 59.5 cm³/mol. The average Bonchev–Trinajstić information content (AvgIpc) is 2.28. The molecular formula is C12H16N2O. The Bertz CT molecular complexity index is 313. The summed E-state index contributed by atoms with van der Waals surface area (Å²) >= 11 is 0. The third-order valence-electron chi connectivity index (χ3n) is 2.15. The van der Waals surface area contributed by atoms with E-state index in [9.17, 15) is 0 Å². The molecule has 0 aliphatic carbocycles. The molecule has 3 nitrogen and oxygen atoms in total. The molecule has 0 unspecified atom stereocenters. The molecule has 0 fully saturated rings. The van der Waals surface area contributed by atoms with Gasteiger partial charge in [0.1, 0.15) is 11.8 Å². The van der Waals surface area contributed by atoms with E-state index in [-0.39, 0.29) is 6.61 Å². The highest BCUT2D eigenvalue weighted by molar-refractivity contribution is 5.27. The van der Waals surface area contributed by atoms with Crippen molar-refractivity contribution in [3.05, 3.63) is 29.8 Å². The summed E-state index contributed by atoms with van der Waals surface area (Å²) in [6, 6.07) is 9.79. The van der Waals surface area contributed by atoms with E-state index in [4.69, 9.17) is 15.7 Å². The van der Waals surface area contributed by atoms with E-state index in [2.05, 4.69) is 0 Å². The summed E-state index contributed by atoms with van der Waals surface area (Å²) in [5.74, 6) is 0.749. The van der Waals surface area contributed by atoms with Gasteiger partial charge in [0, 0.05) is 0 Å². The molecule has 1 rings (SSSR count). The molecule has 0 aromatic heterocycles. The third kappa shape index (κ3) is 4.48. The van der Waals surface area contributed by atoms with E-state index < -0.39 is 0 Å². The van der Waals surface area contributed by atoms with Crippen molar-refractivity contribution in [1.29, 1.82) is 5.26 Å². The summed E-state index contributed by atoms with van der Waals surface area (Å²) in [5.41, 5.74) is 6.71. The van der Waals surface area contributed by atoms with E-state index in [1.54, 1.807) is 0 Å². The second kappa shape index (κ2) is 6.86. The second-order valence-electron chi connectivity index (χ2n) is 3.34. The third-order valence-corrected chi connectivity index (χ3v) is 2.15. The van der Waals surface area contributed by atoms with Crippen LogP contribution in [0.4, 0.5) is 0 Å². The van der Waals surface area contributed by atoms with Gasteiger partial charge in [-0.1, -0.05) is 12.1 Å². The smallest absolute Gasteiger partial charge is 0.174 e. The number of nitrogens with zero attached hydrogens (tertiary/aromatic N) is 1. The summed E-state index contributed by atoms with van der Waals surface area (Å²) < 4.78 is 5.15. The fourth-order valence-corrected chi connectivity index (χ4v) is 1.34. The zero-order valence-corrected chi connectivity index (χ0v) is 8.78. The number of hydrogen-bond acceptors (Lipinski definition) is 3. The fourth-order valence-electron chi connectivity index (χ4n) is 1.34. The lowest BCUT2D eigenvalue weighted by Gasteiger charge is -2.03. The molecule has 0 saturated carbocycles. The van der Waals surface area contributed by atoms with Crippen molar-refractivity contribution in [3.8, 4) is 11.8 Å². The SMILES string of the molecule is N#CCOc1ccc(CCCCN)cc1. The molecule has 0 atom stereocenters.